The number of nitrogens with one attached hydrogen (secondary N) is 1. The van der Waals surface area contributed by atoms with Crippen molar-refractivity contribution in [2.75, 3.05) is 25.2 Å². The van der Waals surface area contributed by atoms with E-state index >= 15 is 0 Å². The van der Waals surface area contributed by atoms with Crippen molar-refractivity contribution in [3.8, 4) is 0 Å². The van der Waals surface area contributed by atoms with Crippen LogP contribution in [0.1, 0.15) is 24.8 Å². The zero-order valence-corrected chi connectivity index (χ0v) is 13.3. The van der Waals surface area contributed by atoms with Gasteiger partial charge in [-0.05, 0) is 37.3 Å². The summed E-state index contributed by atoms with van der Waals surface area (Å²) in [5.74, 6) is 0.546. The third-order valence-electron chi connectivity index (χ3n) is 4.80. The Balaban J connectivity index is 1.78. The maximum Gasteiger partial charge on any atom is 0.417 e. The molecule has 0 spiro atoms. The molecule has 132 valence electrons. The van der Waals surface area contributed by atoms with E-state index in [4.69, 9.17) is 4.74 Å². The molecule has 1 saturated carbocycles. The molecule has 5 nitrogen and oxygen atoms in total. The van der Waals surface area contributed by atoms with Crippen LogP contribution < -0.4 is 10.2 Å². The smallest absolute Gasteiger partial charge is 0.383 e. The van der Waals surface area contributed by atoms with Gasteiger partial charge in [0.2, 0.25) is 5.91 Å². The molecule has 1 aliphatic carbocycles. The first kappa shape index (κ1) is 17.0. The van der Waals surface area contributed by atoms with Crippen LogP contribution in [0.3, 0.4) is 0 Å². The quantitative estimate of drug-likeness (QED) is 0.833. The number of amides is 1. The molecule has 3 rings (SSSR count). The summed E-state index contributed by atoms with van der Waals surface area (Å²) in [5.41, 5.74) is -0.781. The van der Waals surface area contributed by atoms with Crippen LogP contribution in [-0.4, -0.2) is 43.2 Å². The Morgan fingerprint density at radius 1 is 1.42 bits per heavy atom. The number of alkyl halides is 3. The SMILES string of the molecule is COCCNC(=O)[C@@H]1[C@H]2CC[C@@H](C2)N1c1ccc(C(F)(F)F)cn1. The summed E-state index contributed by atoms with van der Waals surface area (Å²) in [6.45, 7) is 0.836. The van der Waals surface area contributed by atoms with Gasteiger partial charge < -0.3 is 15.0 Å². The molecule has 1 aromatic rings. The van der Waals surface area contributed by atoms with Crippen LogP contribution in [0.2, 0.25) is 0 Å². The molecule has 2 bridgehead atoms. The largest absolute Gasteiger partial charge is 0.417 e. The van der Waals surface area contributed by atoms with Gasteiger partial charge in [0.05, 0.1) is 12.2 Å². The molecule has 1 N–H and O–H groups in total. The van der Waals surface area contributed by atoms with Crippen molar-refractivity contribution >= 4 is 11.7 Å². The molecule has 0 unspecified atom stereocenters. The number of fused-ring (bicyclic) bond motifs is 2. The predicted octanol–water partition coefficient (Wildman–Crippen LogP) is 2.22. The van der Waals surface area contributed by atoms with Crippen molar-refractivity contribution in [1.29, 1.82) is 0 Å². The zero-order chi connectivity index (χ0) is 17.3. The van der Waals surface area contributed by atoms with Crippen molar-refractivity contribution in [3.05, 3.63) is 23.9 Å². The Labute approximate surface area is 138 Å². The van der Waals surface area contributed by atoms with E-state index in [1.165, 1.54) is 6.07 Å². The molecule has 1 amide bonds. The van der Waals surface area contributed by atoms with Crippen LogP contribution in [0.4, 0.5) is 19.0 Å². The van der Waals surface area contributed by atoms with E-state index in [2.05, 4.69) is 10.3 Å². The normalized spacial score (nSPS) is 26.0. The summed E-state index contributed by atoms with van der Waals surface area (Å²) in [6.07, 6.45) is -0.794. The van der Waals surface area contributed by atoms with Gasteiger partial charge in [0.1, 0.15) is 11.9 Å². The lowest BCUT2D eigenvalue weighted by Gasteiger charge is -2.35. The first-order valence-electron chi connectivity index (χ1n) is 8.00. The molecular weight excluding hydrogens is 323 g/mol. The highest BCUT2D eigenvalue weighted by atomic mass is 19.4. The molecule has 8 heteroatoms. The monoisotopic (exact) mass is 343 g/mol. The van der Waals surface area contributed by atoms with Gasteiger partial charge in [-0.25, -0.2) is 4.98 Å². The molecule has 1 aromatic heterocycles. The highest BCUT2D eigenvalue weighted by molar-refractivity contribution is 5.86. The number of halogens is 3. The second-order valence-electron chi connectivity index (χ2n) is 6.27. The fourth-order valence-corrected chi connectivity index (χ4v) is 3.74. The second kappa shape index (κ2) is 6.58. The summed E-state index contributed by atoms with van der Waals surface area (Å²) in [6, 6.07) is 2.18. The van der Waals surface area contributed by atoms with Crippen molar-refractivity contribution in [2.24, 2.45) is 5.92 Å². The van der Waals surface area contributed by atoms with Crippen molar-refractivity contribution in [3.63, 3.8) is 0 Å². The van der Waals surface area contributed by atoms with E-state index in [9.17, 15) is 18.0 Å². The van der Waals surface area contributed by atoms with Crippen LogP contribution in [0.15, 0.2) is 18.3 Å². The number of hydrogen-bond donors (Lipinski definition) is 1. The molecule has 0 radical (unpaired) electrons. The molecule has 24 heavy (non-hydrogen) atoms. The fourth-order valence-electron chi connectivity index (χ4n) is 3.74. The number of anilines is 1. The highest BCUT2D eigenvalue weighted by Gasteiger charge is 2.49. The average Bonchev–Trinajstić information content (AvgIpc) is 3.15. The predicted molar refractivity (Wildman–Crippen MR) is 81.5 cm³/mol. The Morgan fingerprint density at radius 2 is 2.21 bits per heavy atom. The van der Waals surface area contributed by atoms with Crippen molar-refractivity contribution in [1.82, 2.24) is 10.3 Å². The van der Waals surface area contributed by atoms with E-state index in [1.807, 2.05) is 4.90 Å². The van der Waals surface area contributed by atoms with Crippen LogP contribution in [0.25, 0.3) is 0 Å². The lowest BCUT2D eigenvalue weighted by Crippen LogP contribution is -2.51. The topological polar surface area (TPSA) is 54.5 Å². The average molecular weight is 343 g/mol. The zero-order valence-electron chi connectivity index (χ0n) is 13.3. The maximum atomic E-state index is 12.7. The molecule has 1 aliphatic heterocycles. The Kier molecular flexibility index (Phi) is 4.67. The van der Waals surface area contributed by atoms with Crippen LogP contribution in [0.5, 0.6) is 0 Å². The lowest BCUT2D eigenvalue weighted by atomic mass is 9.97. The lowest BCUT2D eigenvalue weighted by molar-refractivity contribution is -0.137. The fraction of sp³-hybridized carbons (Fsp3) is 0.625. The molecule has 1 saturated heterocycles. The minimum atomic E-state index is -4.41. The Bertz CT molecular complexity index is 591. The van der Waals surface area contributed by atoms with Gasteiger partial charge in [-0.3, -0.25) is 4.79 Å². The number of nitrogens with zero attached hydrogens (tertiary/aromatic N) is 2. The molecule has 2 aliphatic rings. The number of pyridine rings is 1. The molecule has 2 heterocycles. The third kappa shape index (κ3) is 3.19. The minimum absolute atomic E-state index is 0.110. The number of methoxy groups -OCH3 is 1. The maximum absolute atomic E-state index is 12.7. The van der Waals surface area contributed by atoms with Gasteiger partial charge in [-0.2, -0.15) is 13.2 Å². The first-order chi connectivity index (χ1) is 11.4. The van der Waals surface area contributed by atoms with Gasteiger partial charge in [0.25, 0.3) is 0 Å². The summed E-state index contributed by atoms with van der Waals surface area (Å²) in [5, 5.41) is 2.83. The molecular formula is C16H20F3N3O2. The number of ether oxygens (including phenoxy) is 1. The van der Waals surface area contributed by atoms with E-state index < -0.39 is 11.7 Å². The molecule has 2 fully saturated rings. The Morgan fingerprint density at radius 3 is 2.83 bits per heavy atom. The van der Waals surface area contributed by atoms with Crippen LogP contribution in [0, 0.1) is 5.92 Å². The standard InChI is InChI=1S/C16H20F3N3O2/c1-24-7-6-20-15(23)14-10-2-4-12(8-10)22(14)13-5-3-11(9-21-13)16(17,18)19/h3,5,9-10,12,14H,2,4,6-8H2,1H3,(H,20,23)/t10-,12-,14-/m0/s1. The van der Waals surface area contributed by atoms with Gasteiger partial charge >= 0.3 is 6.18 Å². The van der Waals surface area contributed by atoms with Crippen LogP contribution >= 0.6 is 0 Å². The number of aromatic nitrogens is 1. The van der Waals surface area contributed by atoms with E-state index in [0.29, 0.717) is 19.0 Å². The van der Waals surface area contributed by atoms with E-state index in [-0.39, 0.29) is 23.9 Å². The van der Waals surface area contributed by atoms with Gasteiger partial charge in [0, 0.05) is 25.9 Å². The van der Waals surface area contributed by atoms with E-state index in [1.54, 1.807) is 7.11 Å². The van der Waals surface area contributed by atoms with E-state index in [0.717, 1.165) is 31.5 Å². The number of rotatable bonds is 5. The van der Waals surface area contributed by atoms with Crippen molar-refractivity contribution in [2.45, 2.75) is 37.5 Å². The Hall–Kier alpha value is -1.83. The highest BCUT2D eigenvalue weighted by Crippen LogP contribution is 2.44. The van der Waals surface area contributed by atoms with Crippen LogP contribution in [-0.2, 0) is 15.7 Å². The number of carbonyl (C=O) groups is 1. The number of piperidine rings is 1. The second-order valence-corrected chi connectivity index (χ2v) is 6.27. The summed E-state index contributed by atoms with van der Waals surface area (Å²) in [4.78, 5) is 18.4. The summed E-state index contributed by atoms with van der Waals surface area (Å²) in [7, 11) is 1.56. The number of hydrogen-bond acceptors (Lipinski definition) is 4. The van der Waals surface area contributed by atoms with Gasteiger partial charge in [0.15, 0.2) is 0 Å². The van der Waals surface area contributed by atoms with Gasteiger partial charge in [-0.1, -0.05) is 0 Å². The summed E-state index contributed by atoms with van der Waals surface area (Å²) < 4.78 is 43.0. The third-order valence-corrected chi connectivity index (χ3v) is 4.80. The summed E-state index contributed by atoms with van der Waals surface area (Å²) >= 11 is 0. The number of carbonyl (C=O) groups excluding carboxylic acids is 1. The molecule has 3 atom stereocenters. The van der Waals surface area contributed by atoms with Crippen molar-refractivity contribution < 1.29 is 22.7 Å². The van der Waals surface area contributed by atoms with Gasteiger partial charge in [-0.15, -0.1) is 0 Å². The first-order valence-corrected chi connectivity index (χ1v) is 8.00. The molecule has 0 aromatic carbocycles. The minimum Gasteiger partial charge on any atom is -0.383 e.